The Morgan fingerprint density at radius 2 is 1.73 bits per heavy atom. The SMILES string of the molecule is Cc1cccc(C2=NC3C=CC=CC3N2c2ccccc2)c1. The Kier molecular flexibility index (Phi) is 3.15. The summed E-state index contributed by atoms with van der Waals surface area (Å²) in [6.07, 6.45) is 8.63. The Morgan fingerprint density at radius 1 is 0.909 bits per heavy atom. The first-order valence-electron chi connectivity index (χ1n) is 7.67. The van der Waals surface area contributed by atoms with Crippen LogP contribution in [0.1, 0.15) is 11.1 Å². The molecule has 2 atom stereocenters. The van der Waals surface area contributed by atoms with E-state index in [9.17, 15) is 0 Å². The van der Waals surface area contributed by atoms with Crippen molar-refractivity contribution >= 4 is 11.5 Å². The zero-order valence-corrected chi connectivity index (χ0v) is 12.6. The van der Waals surface area contributed by atoms with Crippen molar-refractivity contribution in [2.75, 3.05) is 4.90 Å². The Balaban J connectivity index is 1.83. The molecule has 0 aromatic heterocycles. The molecule has 108 valence electrons. The molecule has 1 aliphatic heterocycles. The van der Waals surface area contributed by atoms with Gasteiger partial charge in [-0.25, -0.2) is 0 Å². The van der Waals surface area contributed by atoms with E-state index in [2.05, 4.69) is 90.7 Å². The summed E-state index contributed by atoms with van der Waals surface area (Å²) in [5.41, 5.74) is 3.63. The van der Waals surface area contributed by atoms with E-state index in [0.29, 0.717) is 0 Å². The van der Waals surface area contributed by atoms with Gasteiger partial charge in [-0.1, -0.05) is 66.3 Å². The summed E-state index contributed by atoms with van der Waals surface area (Å²) in [7, 11) is 0. The van der Waals surface area contributed by atoms with Gasteiger partial charge in [0.15, 0.2) is 0 Å². The van der Waals surface area contributed by atoms with Gasteiger partial charge in [-0.15, -0.1) is 0 Å². The molecular formula is C20H18N2. The van der Waals surface area contributed by atoms with Crippen LogP contribution < -0.4 is 4.90 Å². The Labute approximate surface area is 131 Å². The minimum absolute atomic E-state index is 0.195. The van der Waals surface area contributed by atoms with Crippen LogP contribution in [-0.2, 0) is 0 Å². The number of allylic oxidation sites excluding steroid dienone is 2. The largest absolute Gasteiger partial charge is 0.317 e. The van der Waals surface area contributed by atoms with Gasteiger partial charge in [-0.05, 0) is 25.1 Å². The van der Waals surface area contributed by atoms with Gasteiger partial charge in [-0.2, -0.15) is 0 Å². The number of amidine groups is 1. The van der Waals surface area contributed by atoms with Gasteiger partial charge in [0.2, 0.25) is 0 Å². The summed E-state index contributed by atoms with van der Waals surface area (Å²) >= 11 is 0. The van der Waals surface area contributed by atoms with Crippen molar-refractivity contribution in [3.05, 3.63) is 90.0 Å². The van der Waals surface area contributed by atoms with Crippen LogP contribution in [0.4, 0.5) is 5.69 Å². The quantitative estimate of drug-likeness (QED) is 0.810. The molecule has 0 fully saturated rings. The second-order valence-electron chi connectivity index (χ2n) is 5.78. The Hall–Kier alpha value is -2.61. The van der Waals surface area contributed by atoms with Gasteiger partial charge in [0.1, 0.15) is 5.84 Å². The Bertz CT molecular complexity index is 771. The number of rotatable bonds is 2. The first-order chi connectivity index (χ1) is 10.8. The number of hydrogen-bond acceptors (Lipinski definition) is 2. The fourth-order valence-corrected chi connectivity index (χ4v) is 3.17. The minimum Gasteiger partial charge on any atom is -0.317 e. The molecule has 2 aliphatic rings. The number of anilines is 1. The van der Waals surface area contributed by atoms with Gasteiger partial charge < -0.3 is 4.90 Å². The predicted octanol–water partition coefficient (Wildman–Crippen LogP) is 4.13. The molecule has 0 radical (unpaired) electrons. The lowest BCUT2D eigenvalue weighted by Crippen LogP contribution is -2.39. The van der Waals surface area contributed by atoms with Crippen molar-refractivity contribution < 1.29 is 0 Å². The number of nitrogens with zero attached hydrogens (tertiary/aromatic N) is 2. The molecule has 2 unspecified atom stereocenters. The number of aryl methyl sites for hydroxylation is 1. The van der Waals surface area contributed by atoms with E-state index in [-0.39, 0.29) is 12.1 Å². The maximum atomic E-state index is 4.98. The van der Waals surface area contributed by atoms with E-state index in [4.69, 9.17) is 4.99 Å². The molecule has 2 nitrogen and oxygen atoms in total. The van der Waals surface area contributed by atoms with E-state index < -0.39 is 0 Å². The van der Waals surface area contributed by atoms with Crippen LogP contribution in [0.3, 0.4) is 0 Å². The molecule has 1 heterocycles. The summed E-state index contributed by atoms with van der Waals surface area (Å²) in [6.45, 7) is 2.12. The number of hydrogen-bond donors (Lipinski definition) is 0. The third kappa shape index (κ3) is 2.17. The van der Waals surface area contributed by atoms with E-state index in [1.54, 1.807) is 0 Å². The van der Waals surface area contributed by atoms with Crippen molar-refractivity contribution in [2.24, 2.45) is 4.99 Å². The zero-order chi connectivity index (χ0) is 14.9. The molecule has 0 amide bonds. The topological polar surface area (TPSA) is 15.6 Å². The maximum absolute atomic E-state index is 4.98. The van der Waals surface area contributed by atoms with Crippen LogP contribution in [0, 0.1) is 6.92 Å². The predicted molar refractivity (Wildman–Crippen MR) is 92.5 cm³/mol. The van der Waals surface area contributed by atoms with E-state index in [1.807, 2.05) is 0 Å². The van der Waals surface area contributed by atoms with Crippen molar-refractivity contribution in [3.63, 3.8) is 0 Å². The van der Waals surface area contributed by atoms with Crippen LogP contribution in [0.5, 0.6) is 0 Å². The van der Waals surface area contributed by atoms with Gasteiger partial charge in [0, 0.05) is 11.3 Å². The number of benzene rings is 2. The minimum atomic E-state index is 0.195. The van der Waals surface area contributed by atoms with Crippen molar-refractivity contribution in [2.45, 2.75) is 19.0 Å². The lowest BCUT2D eigenvalue weighted by Gasteiger charge is -2.29. The molecular weight excluding hydrogens is 268 g/mol. The monoisotopic (exact) mass is 286 g/mol. The van der Waals surface area contributed by atoms with Crippen LogP contribution in [0.2, 0.25) is 0 Å². The van der Waals surface area contributed by atoms with E-state index >= 15 is 0 Å². The highest BCUT2D eigenvalue weighted by atomic mass is 15.3. The van der Waals surface area contributed by atoms with Gasteiger partial charge in [-0.3, -0.25) is 4.99 Å². The fourth-order valence-electron chi connectivity index (χ4n) is 3.17. The fraction of sp³-hybridized carbons (Fsp3) is 0.150. The van der Waals surface area contributed by atoms with E-state index in [1.165, 1.54) is 16.8 Å². The maximum Gasteiger partial charge on any atom is 0.136 e. The number of para-hydroxylation sites is 1. The third-order valence-electron chi connectivity index (χ3n) is 4.19. The molecule has 0 saturated carbocycles. The van der Waals surface area contributed by atoms with Crippen LogP contribution in [0.25, 0.3) is 0 Å². The molecule has 0 bridgehead atoms. The van der Waals surface area contributed by atoms with Crippen LogP contribution >= 0.6 is 0 Å². The summed E-state index contributed by atoms with van der Waals surface area (Å²) in [4.78, 5) is 7.33. The van der Waals surface area contributed by atoms with Crippen molar-refractivity contribution in [3.8, 4) is 0 Å². The van der Waals surface area contributed by atoms with Crippen LogP contribution in [-0.4, -0.2) is 17.9 Å². The summed E-state index contributed by atoms with van der Waals surface area (Å²) in [5, 5.41) is 0. The van der Waals surface area contributed by atoms with Gasteiger partial charge >= 0.3 is 0 Å². The highest BCUT2D eigenvalue weighted by Gasteiger charge is 2.35. The summed E-state index contributed by atoms with van der Waals surface area (Å²) in [5.74, 6) is 1.06. The molecule has 0 N–H and O–H groups in total. The summed E-state index contributed by atoms with van der Waals surface area (Å²) in [6, 6.07) is 19.6. The lowest BCUT2D eigenvalue weighted by atomic mass is 10.0. The standard InChI is InChI=1S/C20H18N2/c1-15-8-7-9-16(14-15)20-21-18-12-5-6-13-19(18)22(20)17-10-3-2-4-11-17/h2-14,18-19H,1H3. The normalized spacial score (nSPS) is 22.6. The van der Waals surface area contributed by atoms with E-state index in [0.717, 1.165) is 5.84 Å². The smallest absolute Gasteiger partial charge is 0.136 e. The highest BCUT2D eigenvalue weighted by Crippen LogP contribution is 2.31. The third-order valence-corrected chi connectivity index (χ3v) is 4.19. The first-order valence-corrected chi connectivity index (χ1v) is 7.67. The number of fused-ring (bicyclic) bond motifs is 1. The number of aliphatic imine (C=N–C) groups is 1. The lowest BCUT2D eigenvalue weighted by molar-refractivity contribution is 0.739. The average Bonchev–Trinajstić information content (AvgIpc) is 2.95. The summed E-state index contributed by atoms with van der Waals surface area (Å²) < 4.78 is 0. The van der Waals surface area contributed by atoms with Crippen molar-refractivity contribution in [1.29, 1.82) is 0 Å². The van der Waals surface area contributed by atoms with Gasteiger partial charge in [0.05, 0.1) is 12.1 Å². The highest BCUT2D eigenvalue weighted by molar-refractivity contribution is 6.12. The molecule has 22 heavy (non-hydrogen) atoms. The van der Waals surface area contributed by atoms with Crippen molar-refractivity contribution in [1.82, 2.24) is 0 Å². The molecule has 2 aromatic carbocycles. The van der Waals surface area contributed by atoms with Crippen LogP contribution in [0.15, 0.2) is 83.9 Å². The molecule has 2 heteroatoms. The second-order valence-corrected chi connectivity index (χ2v) is 5.78. The Morgan fingerprint density at radius 3 is 2.55 bits per heavy atom. The molecule has 0 saturated heterocycles. The zero-order valence-electron chi connectivity index (χ0n) is 12.6. The molecule has 4 rings (SSSR count). The second kappa shape index (κ2) is 5.30. The molecule has 1 aliphatic carbocycles. The first kappa shape index (κ1) is 13.1. The van der Waals surface area contributed by atoms with Gasteiger partial charge in [0.25, 0.3) is 0 Å². The molecule has 0 spiro atoms. The average molecular weight is 286 g/mol. The molecule has 2 aromatic rings.